The molecule has 1 aliphatic heterocycles. The van der Waals surface area contributed by atoms with E-state index < -0.39 is 9.84 Å². The lowest BCUT2D eigenvalue weighted by Crippen LogP contribution is -2.50. The van der Waals surface area contributed by atoms with Gasteiger partial charge in [-0.15, -0.1) is 0 Å². The van der Waals surface area contributed by atoms with Crippen LogP contribution in [0.4, 0.5) is 11.4 Å². The normalized spacial score (nSPS) is 15.9. The highest BCUT2D eigenvalue weighted by Gasteiger charge is 2.24. The van der Waals surface area contributed by atoms with Crippen molar-refractivity contribution < 1.29 is 13.2 Å². The quantitative estimate of drug-likeness (QED) is 0.517. The summed E-state index contributed by atoms with van der Waals surface area (Å²) in [5.74, 6) is 0. The summed E-state index contributed by atoms with van der Waals surface area (Å²) in [5.41, 5.74) is 3.77. The van der Waals surface area contributed by atoms with Crippen molar-refractivity contribution >= 4 is 21.2 Å². The highest BCUT2D eigenvalue weighted by atomic mass is 32.2. The molecule has 1 N–H and O–H groups in total. The second-order valence-electron chi connectivity index (χ2n) is 8.71. The zero-order chi connectivity index (χ0) is 24.1. The average molecular weight is 480 g/mol. The van der Waals surface area contributed by atoms with Gasteiger partial charge in [-0.1, -0.05) is 60.7 Å². The number of anilines is 2. The molecule has 7 heteroatoms. The third-order valence-electron chi connectivity index (χ3n) is 6.46. The molecule has 0 aromatic heterocycles. The lowest BCUT2D eigenvalue weighted by atomic mass is 9.98. The number of rotatable bonds is 8. The molecular weight excluding hydrogens is 446 g/mol. The molecule has 4 rings (SSSR count). The fourth-order valence-electron chi connectivity index (χ4n) is 4.45. The van der Waals surface area contributed by atoms with Gasteiger partial charge in [0.05, 0.1) is 16.6 Å². The second-order valence-corrected chi connectivity index (χ2v) is 10.7. The molecule has 34 heavy (non-hydrogen) atoms. The van der Waals surface area contributed by atoms with Gasteiger partial charge >= 0.3 is 0 Å². The topological polar surface area (TPSA) is 61.9 Å². The van der Waals surface area contributed by atoms with Crippen LogP contribution in [0.2, 0.25) is 0 Å². The van der Waals surface area contributed by atoms with Gasteiger partial charge < -0.3 is 15.0 Å². The van der Waals surface area contributed by atoms with E-state index >= 15 is 0 Å². The zero-order valence-electron chi connectivity index (χ0n) is 20.0. The maximum Gasteiger partial charge on any atom is 0.177 e. The summed E-state index contributed by atoms with van der Waals surface area (Å²) in [6.45, 7) is 5.55. The van der Waals surface area contributed by atoms with Crippen LogP contribution < -0.4 is 10.2 Å². The van der Waals surface area contributed by atoms with Gasteiger partial charge in [-0.3, -0.25) is 4.90 Å². The maximum atomic E-state index is 12.7. The first-order chi connectivity index (χ1) is 16.4. The predicted octanol–water partition coefficient (Wildman–Crippen LogP) is 4.41. The van der Waals surface area contributed by atoms with Crippen molar-refractivity contribution in [2.45, 2.75) is 24.1 Å². The molecule has 0 amide bonds. The SMILES string of the molecule is COC(C)N1CCN(c2ccc(S(C)(=O)=O)c(NC(c3ccccc3)c3ccccc3)c2)CC1. The van der Waals surface area contributed by atoms with Crippen LogP contribution in [0, 0.1) is 0 Å². The van der Waals surface area contributed by atoms with Crippen LogP contribution in [-0.4, -0.2) is 59.1 Å². The Hall–Kier alpha value is -2.87. The Morgan fingerprint density at radius 1 is 0.853 bits per heavy atom. The molecule has 0 aliphatic carbocycles. The predicted molar refractivity (Wildman–Crippen MR) is 138 cm³/mol. The minimum Gasteiger partial charge on any atom is -0.373 e. The van der Waals surface area contributed by atoms with Gasteiger partial charge in [-0.25, -0.2) is 8.42 Å². The summed E-state index contributed by atoms with van der Waals surface area (Å²) in [5, 5.41) is 3.57. The fraction of sp³-hybridized carbons (Fsp3) is 0.333. The second kappa shape index (κ2) is 10.6. The summed E-state index contributed by atoms with van der Waals surface area (Å²) in [6.07, 6.45) is 1.35. The van der Waals surface area contributed by atoms with Crippen molar-refractivity contribution in [2.24, 2.45) is 0 Å². The van der Waals surface area contributed by atoms with E-state index in [1.54, 1.807) is 13.2 Å². The highest BCUT2D eigenvalue weighted by molar-refractivity contribution is 7.90. The van der Waals surface area contributed by atoms with Crippen LogP contribution in [0.3, 0.4) is 0 Å². The maximum absolute atomic E-state index is 12.7. The van der Waals surface area contributed by atoms with Gasteiger partial charge in [-0.2, -0.15) is 0 Å². The first-order valence-electron chi connectivity index (χ1n) is 11.6. The summed E-state index contributed by atoms with van der Waals surface area (Å²) in [7, 11) is -1.69. The molecule has 1 saturated heterocycles. The van der Waals surface area contributed by atoms with Crippen molar-refractivity contribution in [2.75, 3.05) is 49.8 Å². The standard InChI is InChI=1S/C27H33N3O3S/c1-21(33-2)29-16-18-30(19-17-29)24-14-15-26(34(3,31)32)25(20-24)28-27(22-10-6-4-7-11-22)23-12-8-5-9-13-23/h4-15,20-21,27-28H,16-19H2,1-3H3. The molecule has 1 atom stereocenters. The molecular formula is C27H33N3O3S. The van der Waals surface area contributed by atoms with E-state index in [9.17, 15) is 8.42 Å². The van der Waals surface area contributed by atoms with E-state index in [2.05, 4.69) is 46.3 Å². The van der Waals surface area contributed by atoms with Crippen LogP contribution >= 0.6 is 0 Å². The Morgan fingerprint density at radius 2 is 1.41 bits per heavy atom. The molecule has 3 aromatic rings. The lowest BCUT2D eigenvalue weighted by Gasteiger charge is -2.38. The molecule has 0 bridgehead atoms. The van der Waals surface area contributed by atoms with Gasteiger partial charge in [-0.05, 0) is 36.2 Å². The Kier molecular flexibility index (Phi) is 7.56. The molecule has 1 fully saturated rings. The molecule has 1 unspecified atom stereocenters. The number of ether oxygens (including phenoxy) is 1. The summed E-state index contributed by atoms with van der Waals surface area (Å²) in [6, 6.07) is 25.6. The third-order valence-corrected chi connectivity index (χ3v) is 7.62. The number of nitrogens with one attached hydrogen (secondary N) is 1. The van der Waals surface area contributed by atoms with Crippen molar-refractivity contribution in [3.8, 4) is 0 Å². The molecule has 0 spiro atoms. The van der Waals surface area contributed by atoms with E-state index in [0.29, 0.717) is 10.6 Å². The summed E-state index contributed by atoms with van der Waals surface area (Å²) in [4.78, 5) is 4.91. The van der Waals surface area contributed by atoms with Gasteiger partial charge in [0.15, 0.2) is 9.84 Å². The van der Waals surface area contributed by atoms with Crippen molar-refractivity contribution in [3.63, 3.8) is 0 Å². The lowest BCUT2D eigenvalue weighted by molar-refractivity contribution is -0.0212. The van der Waals surface area contributed by atoms with Crippen LogP contribution in [-0.2, 0) is 14.6 Å². The highest BCUT2D eigenvalue weighted by Crippen LogP contribution is 2.33. The Bertz CT molecular complexity index is 1140. The molecule has 1 aliphatic rings. The van der Waals surface area contributed by atoms with E-state index in [1.165, 1.54) is 6.26 Å². The van der Waals surface area contributed by atoms with Crippen LogP contribution in [0.25, 0.3) is 0 Å². The van der Waals surface area contributed by atoms with Crippen molar-refractivity contribution in [3.05, 3.63) is 90.0 Å². The smallest absolute Gasteiger partial charge is 0.177 e. The molecule has 0 radical (unpaired) electrons. The Morgan fingerprint density at radius 3 is 1.91 bits per heavy atom. The van der Waals surface area contributed by atoms with E-state index in [-0.39, 0.29) is 12.3 Å². The number of methoxy groups -OCH3 is 1. The van der Waals surface area contributed by atoms with E-state index in [0.717, 1.165) is 43.0 Å². The minimum atomic E-state index is -3.42. The van der Waals surface area contributed by atoms with Gasteiger partial charge in [0.2, 0.25) is 0 Å². The number of benzene rings is 3. The first-order valence-corrected chi connectivity index (χ1v) is 13.5. The number of hydrogen-bond donors (Lipinski definition) is 1. The van der Waals surface area contributed by atoms with Gasteiger partial charge in [0, 0.05) is 45.2 Å². The van der Waals surface area contributed by atoms with Gasteiger partial charge in [0.25, 0.3) is 0 Å². The van der Waals surface area contributed by atoms with Crippen LogP contribution in [0.15, 0.2) is 83.8 Å². The van der Waals surface area contributed by atoms with E-state index in [4.69, 9.17) is 4.74 Å². The number of nitrogens with zero attached hydrogens (tertiary/aromatic N) is 2. The molecule has 6 nitrogen and oxygen atoms in total. The van der Waals surface area contributed by atoms with Crippen molar-refractivity contribution in [1.82, 2.24) is 4.90 Å². The molecule has 1 heterocycles. The fourth-order valence-corrected chi connectivity index (χ4v) is 5.28. The summed E-state index contributed by atoms with van der Waals surface area (Å²) < 4.78 is 30.8. The molecule has 3 aromatic carbocycles. The Balaban J connectivity index is 1.68. The zero-order valence-corrected chi connectivity index (χ0v) is 20.8. The van der Waals surface area contributed by atoms with Gasteiger partial charge in [0.1, 0.15) is 6.23 Å². The summed E-state index contributed by atoms with van der Waals surface area (Å²) >= 11 is 0. The van der Waals surface area contributed by atoms with Crippen LogP contribution in [0.1, 0.15) is 24.1 Å². The molecule has 180 valence electrons. The third kappa shape index (κ3) is 5.60. The molecule has 0 saturated carbocycles. The van der Waals surface area contributed by atoms with Crippen LogP contribution in [0.5, 0.6) is 0 Å². The minimum absolute atomic E-state index is 0.0875. The van der Waals surface area contributed by atoms with Crippen molar-refractivity contribution in [1.29, 1.82) is 0 Å². The number of sulfone groups is 1. The first kappa shape index (κ1) is 24.3. The number of hydrogen-bond acceptors (Lipinski definition) is 6. The Labute approximate surface area is 203 Å². The average Bonchev–Trinajstić information content (AvgIpc) is 2.87. The number of piperazine rings is 1. The van der Waals surface area contributed by atoms with E-state index in [1.807, 2.05) is 48.5 Å². The largest absolute Gasteiger partial charge is 0.373 e. The monoisotopic (exact) mass is 479 g/mol.